The van der Waals surface area contributed by atoms with Crippen LogP contribution in [0.4, 0.5) is 14.5 Å². The lowest BCUT2D eigenvalue weighted by molar-refractivity contribution is 0.0541. The standard InChI is InChI=1S/C22H25F2N5O2S/c1-14-6-7-17-20(15(14)2)28-10-4-5-19(28)22(26-17)8-11-27(12-9-22)32(30,31)18-13-25-29(16(18)3)21(23)24/h4-7,10,13,21,26H,8-9,11-12H2,1-3H3. The fraction of sp³-hybridized carbons (Fsp3) is 0.409. The summed E-state index contributed by atoms with van der Waals surface area (Å²) in [7, 11) is -3.92. The molecule has 4 heterocycles. The molecule has 0 atom stereocenters. The largest absolute Gasteiger partial charge is 0.372 e. The number of aryl methyl sites for hydroxylation is 1. The number of nitrogens with zero attached hydrogens (tertiary/aromatic N) is 4. The van der Waals surface area contributed by atoms with Crippen molar-refractivity contribution in [1.29, 1.82) is 0 Å². The summed E-state index contributed by atoms with van der Waals surface area (Å²) in [6, 6.07) is 8.26. The molecule has 5 rings (SSSR count). The van der Waals surface area contributed by atoms with E-state index in [-0.39, 0.29) is 23.7 Å². The Morgan fingerprint density at radius 3 is 2.50 bits per heavy atom. The molecule has 0 bridgehead atoms. The van der Waals surface area contributed by atoms with Crippen molar-refractivity contribution < 1.29 is 17.2 Å². The molecule has 0 unspecified atom stereocenters. The van der Waals surface area contributed by atoms with Gasteiger partial charge in [0.1, 0.15) is 4.90 Å². The molecular weight excluding hydrogens is 436 g/mol. The average molecular weight is 462 g/mol. The lowest BCUT2D eigenvalue weighted by Crippen LogP contribution is -2.51. The highest BCUT2D eigenvalue weighted by Crippen LogP contribution is 2.45. The molecule has 2 aliphatic heterocycles. The number of alkyl halides is 2. The van der Waals surface area contributed by atoms with Crippen LogP contribution < -0.4 is 5.32 Å². The Bertz CT molecular complexity index is 1300. The van der Waals surface area contributed by atoms with Gasteiger partial charge in [-0.2, -0.15) is 18.2 Å². The number of sulfonamides is 1. The third-order valence-electron chi connectivity index (χ3n) is 6.93. The average Bonchev–Trinajstić information content (AvgIpc) is 3.39. The first kappa shape index (κ1) is 21.1. The zero-order valence-corrected chi connectivity index (χ0v) is 19.0. The van der Waals surface area contributed by atoms with Crippen molar-refractivity contribution in [3.8, 4) is 5.69 Å². The number of nitrogens with one attached hydrogen (secondary N) is 1. The molecule has 3 aromatic rings. The van der Waals surface area contributed by atoms with Crippen molar-refractivity contribution in [2.75, 3.05) is 18.4 Å². The Morgan fingerprint density at radius 2 is 1.84 bits per heavy atom. The fourth-order valence-corrected chi connectivity index (χ4v) is 6.57. The Balaban J connectivity index is 1.45. The topological polar surface area (TPSA) is 72.2 Å². The van der Waals surface area contributed by atoms with Gasteiger partial charge >= 0.3 is 6.55 Å². The second-order valence-electron chi connectivity index (χ2n) is 8.59. The van der Waals surface area contributed by atoms with Gasteiger partial charge in [0, 0.05) is 25.0 Å². The number of anilines is 1. The number of hydrogen-bond donors (Lipinski definition) is 1. The summed E-state index contributed by atoms with van der Waals surface area (Å²) < 4.78 is 56.6. The van der Waals surface area contributed by atoms with E-state index in [2.05, 4.69) is 53.2 Å². The second kappa shape index (κ2) is 7.14. The Morgan fingerprint density at radius 1 is 1.12 bits per heavy atom. The minimum atomic E-state index is -3.92. The molecule has 0 saturated carbocycles. The van der Waals surface area contributed by atoms with E-state index in [1.54, 1.807) is 0 Å². The zero-order chi connectivity index (χ0) is 22.8. The van der Waals surface area contributed by atoms with Crippen LogP contribution in [-0.2, 0) is 15.6 Å². The van der Waals surface area contributed by atoms with Gasteiger partial charge < -0.3 is 9.88 Å². The number of rotatable bonds is 3. The second-order valence-corrected chi connectivity index (χ2v) is 10.5. The fourth-order valence-electron chi connectivity index (χ4n) is 4.99. The third-order valence-corrected chi connectivity index (χ3v) is 8.94. The van der Waals surface area contributed by atoms with Crippen molar-refractivity contribution in [2.45, 2.75) is 50.6 Å². The van der Waals surface area contributed by atoms with E-state index in [1.807, 2.05) is 6.07 Å². The summed E-state index contributed by atoms with van der Waals surface area (Å²) in [6.07, 6.45) is 4.19. The Kier molecular flexibility index (Phi) is 4.72. The van der Waals surface area contributed by atoms with Crippen LogP contribution in [0.3, 0.4) is 0 Å². The summed E-state index contributed by atoms with van der Waals surface area (Å²) in [5.41, 5.74) is 5.23. The molecule has 32 heavy (non-hydrogen) atoms. The monoisotopic (exact) mass is 461 g/mol. The Labute approximate surface area is 185 Å². The molecule has 0 radical (unpaired) electrons. The first-order valence-electron chi connectivity index (χ1n) is 10.5. The highest BCUT2D eigenvalue weighted by Gasteiger charge is 2.44. The van der Waals surface area contributed by atoms with Gasteiger partial charge in [0.25, 0.3) is 0 Å². The van der Waals surface area contributed by atoms with Crippen LogP contribution in [0.5, 0.6) is 0 Å². The SMILES string of the molecule is Cc1ccc2c(c1C)-n1cccc1C1(CCN(S(=O)(=O)c3cnn(C(F)F)c3C)CC1)N2. The van der Waals surface area contributed by atoms with Gasteiger partial charge in [-0.25, -0.2) is 13.1 Å². The molecule has 0 amide bonds. The van der Waals surface area contributed by atoms with Crippen molar-refractivity contribution in [2.24, 2.45) is 0 Å². The lowest BCUT2D eigenvalue weighted by atomic mass is 9.82. The minimum absolute atomic E-state index is 0.0512. The van der Waals surface area contributed by atoms with Gasteiger partial charge in [0.15, 0.2) is 0 Å². The number of hydrogen-bond acceptors (Lipinski definition) is 4. The third kappa shape index (κ3) is 2.92. The molecule has 2 aliphatic rings. The van der Waals surface area contributed by atoms with Crippen molar-refractivity contribution >= 4 is 15.7 Å². The van der Waals surface area contributed by atoms with Crippen LogP contribution in [0.15, 0.2) is 41.6 Å². The van der Waals surface area contributed by atoms with Crippen molar-refractivity contribution in [3.05, 3.63) is 59.2 Å². The molecule has 1 aromatic carbocycles. The molecule has 1 saturated heterocycles. The van der Waals surface area contributed by atoms with Crippen LogP contribution in [0, 0.1) is 20.8 Å². The first-order valence-corrected chi connectivity index (χ1v) is 12.0. The molecule has 1 spiro atoms. The van der Waals surface area contributed by atoms with Crippen LogP contribution in [-0.4, -0.2) is 40.2 Å². The zero-order valence-electron chi connectivity index (χ0n) is 18.1. The maximum atomic E-state index is 13.2. The normalized spacial score (nSPS) is 17.9. The molecule has 170 valence electrons. The van der Waals surface area contributed by atoms with Gasteiger partial charge in [0.05, 0.1) is 28.8 Å². The number of piperidine rings is 1. The van der Waals surface area contributed by atoms with E-state index in [1.165, 1.54) is 22.4 Å². The highest BCUT2D eigenvalue weighted by atomic mass is 32.2. The summed E-state index contributed by atoms with van der Waals surface area (Å²) in [4.78, 5) is -0.162. The smallest absolute Gasteiger partial charge is 0.333 e. The van der Waals surface area contributed by atoms with Crippen LogP contribution in [0.2, 0.25) is 0 Å². The van der Waals surface area contributed by atoms with E-state index in [0.29, 0.717) is 17.5 Å². The van der Waals surface area contributed by atoms with Crippen molar-refractivity contribution in [3.63, 3.8) is 0 Å². The molecule has 1 fully saturated rings. The van der Waals surface area contributed by atoms with E-state index in [9.17, 15) is 17.2 Å². The van der Waals surface area contributed by atoms with Gasteiger partial charge in [-0.15, -0.1) is 0 Å². The quantitative estimate of drug-likeness (QED) is 0.638. The predicted molar refractivity (Wildman–Crippen MR) is 117 cm³/mol. The van der Waals surface area contributed by atoms with Gasteiger partial charge in [-0.1, -0.05) is 6.07 Å². The summed E-state index contributed by atoms with van der Waals surface area (Å²) >= 11 is 0. The number of halogens is 2. The van der Waals surface area contributed by atoms with E-state index < -0.39 is 22.1 Å². The number of benzene rings is 1. The maximum Gasteiger partial charge on any atom is 0.333 e. The molecular formula is C22H25F2N5O2S. The number of fused-ring (bicyclic) bond motifs is 4. The summed E-state index contributed by atoms with van der Waals surface area (Å²) in [6.45, 7) is 3.23. The molecule has 10 heteroatoms. The van der Waals surface area contributed by atoms with Gasteiger partial charge in [-0.05, 0) is 62.9 Å². The first-order chi connectivity index (χ1) is 15.2. The summed E-state index contributed by atoms with van der Waals surface area (Å²) in [5.74, 6) is 0. The summed E-state index contributed by atoms with van der Waals surface area (Å²) in [5, 5.41) is 7.27. The lowest BCUT2D eigenvalue weighted by Gasteiger charge is -2.46. The van der Waals surface area contributed by atoms with Crippen molar-refractivity contribution in [1.82, 2.24) is 18.7 Å². The van der Waals surface area contributed by atoms with Crippen LogP contribution >= 0.6 is 0 Å². The predicted octanol–water partition coefficient (Wildman–Crippen LogP) is 4.10. The van der Waals surface area contributed by atoms with Crippen LogP contribution in [0.1, 0.15) is 41.9 Å². The number of aromatic nitrogens is 3. The van der Waals surface area contributed by atoms with Gasteiger partial charge in [0.2, 0.25) is 10.0 Å². The van der Waals surface area contributed by atoms with Crippen LogP contribution in [0.25, 0.3) is 5.69 Å². The van der Waals surface area contributed by atoms with E-state index >= 15 is 0 Å². The maximum absolute atomic E-state index is 13.2. The molecule has 0 aliphatic carbocycles. The van der Waals surface area contributed by atoms with E-state index in [4.69, 9.17) is 0 Å². The molecule has 1 N–H and O–H groups in total. The molecule has 2 aromatic heterocycles. The van der Waals surface area contributed by atoms with E-state index in [0.717, 1.165) is 23.3 Å². The highest BCUT2D eigenvalue weighted by molar-refractivity contribution is 7.89. The molecule has 7 nitrogen and oxygen atoms in total. The van der Waals surface area contributed by atoms with Gasteiger partial charge in [-0.3, -0.25) is 0 Å². The minimum Gasteiger partial charge on any atom is -0.372 e. The Hall–Kier alpha value is -2.72.